The number of sulfonamides is 1. The van der Waals surface area contributed by atoms with Crippen LogP contribution in [-0.4, -0.2) is 58.1 Å². The fraction of sp³-hybridized carbons (Fsp3) is 0.364. The molecule has 178 valence electrons. The molecule has 0 unspecified atom stereocenters. The van der Waals surface area contributed by atoms with Crippen molar-refractivity contribution >= 4 is 45.0 Å². The molecule has 2 aromatic rings. The number of amides is 2. The lowest BCUT2D eigenvalue weighted by Gasteiger charge is -2.26. The van der Waals surface area contributed by atoms with Crippen LogP contribution in [0.2, 0.25) is 5.02 Å². The summed E-state index contributed by atoms with van der Waals surface area (Å²) in [4.78, 5) is 24.5. The molecule has 11 heteroatoms. The average Bonchev–Trinajstić information content (AvgIpc) is 2.80. The smallest absolute Gasteiger partial charge is 0.411 e. The van der Waals surface area contributed by atoms with Gasteiger partial charge in [0.15, 0.2) is 0 Å². The molecular weight excluding hydrogens is 470 g/mol. The van der Waals surface area contributed by atoms with Crippen molar-refractivity contribution in [2.75, 3.05) is 44.0 Å². The highest BCUT2D eigenvalue weighted by Crippen LogP contribution is 2.28. The Morgan fingerprint density at radius 2 is 1.70 bits per heavy atom. The van der Waals surface area contributed by atoms with Gasteiger partial charge in [0, 0.05) is 37.1 Å². The number of piperidine rings is 1. The van der Waals surface area contributed by atoms with E-state index in [2.05, 4.69) is 10.6 Å². The number of halogens is 1. The van der Waals surface area contributed by atoms with E-state index in [-0.39, 0.29) is 28.7 Å². The SMILES string of the molecule is COCCOC(=O)Nc1cccc(NC(=O)c2ccc(Cl)c(S(=O)(=O)N3CCCCC3)c2)c1. The summed E-state index contributed by atoms with van der Waals surface area (Å²) in [6.07, 6.45) is 1.92. The summed E-state index contributed by atoms with van der Waals surface area (Å²) in [6.45, 7) is 1.25. The van der Waals surface area contributed by atoms with Gasteiger partial charge in [-0.25, -0.2) is 13.2 Å². The van der Waals surface area contributed by atoms with Gasteiger partial charge in [-0.05, 0) is 49.2 Å². The molecule has 3 rings (SSSR count). The number of ether oxygens (including phenoxy) is 2. The van der Waals surface area contributed by atoms with E-state index in [4.69, 9.17) is 21.1 Å². The molecule has 1 aliphatic rings. The molecule has 0 bridgehead atoms. The first kappa shape index (κ1) is 25.0. The Hall–Kier alpha value is -2.66. The fourth-order valence-corrected chi connectivity index (χ4v) is 5.35. The Morgan fingerprint density at radius 3 is 2.39 bits per heavy atom. The lowest BCUT2D eigenvalue weighted by atomic mass is 10.2. The van der Waals surface area contributed by atoms with Gasteiger partial charge in [-0.2, -0.15) is 4.31 Å². The van der Waals surface area contributed by atoms with E-state index in [0.717, 1.165) is 19.3 Å². The Kier molecular flexibility index (Phi) is 8.67. The molecule has 2 amide bonds. The third-order valence-corrected chi connectivity index (χ3v) is 7.39. The normalized spacial score (nSPS) is 14.5. The van der Waals surface area contributed by atoms with Crippen molar-refractivity contribution < 1.29 is 27.5 Å². The van der Waals surface area contributed by atoms with Crippen molar-refractivity contribution in [3.8, 4) is 0 Å². The average molecular weight is 496 g/mol. The Balaban J connectivity index is 1.72. The monoisotopic (exact) mass is 495 g/mol. The molecule has 0 spiro atoms. The molecule has 2 N–H and O–H groups in total. The van der Waals surface area contributed by atoms with E-state index in [1.165, 1.54) is 29.6 Å². The van der Waals surface area contributed by atoms with Gasteiger partial charge in [-0.1, -0.05) is 24.1 Å². The molecule has 33 heavy (non-hydrogen) atoms. The lowest BCUT2D eigenvalue weighted by molar-refractivity contribution is 0.102. The number of hydrogen-bond donors (Lipinski definition) is 2. The molecule has 1 saturated heterocycles. The van der Waals surface area contributed by atoms with Crippen molar-refractivity contribution in [3.05, 3.63) is 53.1 Å². The van der Waals surface area contributed by atoms with Crippen LogP contribution < -0.4 is 10.6 Å². The molecule has 0 atom stereocenters. The molecule has 2 aromatic carbocycles. The molecule has 1 aliphatic heterocycles. The van der Waals surface area contributed by atoms with Crippen LogP contribution >= 0.6 is 11.6 Å². The maximum Gasteiger partial charge on any atom is 0.411 e. The minimum atomic E-state index is -3.80. The predicted octanol–water partition coefficient (Wildman–Crippen LogP) is 3.96. The minimum absolute atomic E-state index is 0.0651. The van der Waals surface area contributed by atoms with E-state index in [1.807, 2.05) is 0 Å². The maximum absolute atomic E-state index is 13.0. The highest BCUT2D eigenvalue weighted by Gasteiger charge is 2.28. The largest absolute Gasteiger partial charge is 0.447 e. The molecule has 0 aliphatic carbocycles. The number of methoxy groups -OCH3 is 1. The first-order valence-electron chi connectivity index (χ1n) is 10.4. The zero-order valence-corrected chi connectivity index (χ0v) is 19.7. The van der Waals surface area contributed by atoms with Gasteiger partial charge < -0.3 is 14.8 Å². The second-order valence-corrected chi connectivity index (χ2v) is 9.71. The summed E-state index contributed by atoms with van der Waals surface area (Å²) in [6, 6.07) is 10.6. The van der Waals surface area contributed by atoms with E-state index in [9.17, 15) is 18.0 Å². The van der Waals surface area contributed by atoms with Gasteiger partial charge in [0.25, 0.3) is 5.91 Å². The number of rotatable bonds is 8. The third-order valence-electron chi connectivity index (χ3n) is 5.01. The van der Waals surface area contributed by atoms with Gasteiger partial charge in [0.1, 0.15) is 11.5 Å². The van der Waals surface area contributed by atoms with Crippen molar-refractivity contribution in [1.82, 2.24) is 4.31 Å². The van der Waals surface area contributed by atoms with Crippen LogP contribution in [0, 0.1) is 0 Å². The van der Waals surface area contributed by atoms with Gasteiger partial charge in [0.05, 0.1) is 11.6 Å². The third kappa shape index (κ3) is 6.67. The van der Waals surface area contributed by atoms with Crippen LogP contribution in [0.5, 0.6) is 0 Å². The summed E-state index contributed by atoms with van der Waals surface area (Å²) in [7, 11) is -2.30. The van der Waals surface area contributed by atoms with Crippen LogP contribution in [0.3, 0.4) is 0 Å². The summed E-state index contributed by atoms with van der Waals surface area (Å²) in [5.74, 6) is -0.512. The summed E-state index contributed by atoms with van der Waals surface area (Å²) in [5, 5.41) is 5.32. The van der Waals surface area contributed by atoms with Crippen molar-refractivity contribution in [2.45, 2.75) is 24.2 Å². The van der Waals surface area contributed by atoms with Gasteiger partial charge in [-0.3, -0.25) is 10.1 Å². The summed E-state index contributed by atoms with van der Waals surface area (Å²) < 4.78 is 37.2. The Labute approximate surface area is 198 Å². The molecule has 1 heterocycles. The quantitative estimate of drug-likeness (QED) is 0.536. The van der Waals surface area contributed by atoms with E-state index in [0.29, 0.717) is 24.5 Å². The number of hydrogen-bond acceptors (Lipinski definition) is 6. The lowest BCUT2D eigenvalue weighted by Crippen LogP contribution is -2.35. The van der Waals surface area contributed by atoms with Crippen molar-refractivity contribution in [2.24, 2.45) is 0 Å². The zero-order chi connectivity index (χ0) is 23.8. The molecule has 0 aromatic heterocycles. The Morgan fingerprint density at radius 1 is 1.00 bits per heavy atom. The molecule has 9 nitrogen and oxygen atoms in total. The zero-order valence-electron chi connectivity index (χ0n) is 18.2. The van der Waals surface area contributed by atoms with Gasteiger partial charge in [-0.15, -0.1) is 0 Å². The minimum Gasteiger partial charge on any atom is -0.447 e. The summed E-state index contributed by atoms with van der Waals surface area (Å²) in [5.41, 5.74) is 0.970. The number of carbonyl (C=O) groups excluding carboxylic acids is 2. The number of nitrogens with zero attached hydrogens (tertiary/aromatic N) is 1. The van der Waals surface area contributed by atoms with Crippen LogP contribution in [0.15, 0.2) is 47.4 Å². The first-order valence-corrected chi connectivity index (χ1v) is 12.3. The topological polar surface area (TPSA) is 114 Å². The van der Waals surface area contributed by atoms with Crippen LogP contribution in [0.1, 0.15) is 29.6 Å². The van der Waals surface area contributed by atoms with Gasteiger partial charge in [0.2, 0.25) is 10.0 Å². The van der Waals surface area contributed by atoms with Crippen LogP contribution in [0.4, 0.5) is 16.2 Å². The molecule has 0 saturated carbocycles. The second-order valence-electron chi connectivity index (χ2n) is 7.40. The highest BCUT2D eigenvalue weighted by atomic mass is 35.5. The standard InChI is InChI=1S/C22H26ClN3O6S/c1-31-12-13-32-22(28)25-18-7-5-6-17(15-18)24-21(27)16-8-9-19(23)20(14-16)33(29,30)26-10-3-2-4-11-26/h5-9,14-15H,2-4,10-13H2,1H3,(H,24,27)(H,25,28). The number of benzene rings is 2. The van der Waals surface area contributed by atoms with E-state index < -0.39 is 22.0 Å². The van der Waals surface area contributed by atoms with Crippen LogP contribution in [0.25, 0.3) is 0 Å². The molecule has 0 radical (unpaired) electrons. The first-order chi connectivity index (χ1) is 15.8. The predicted molar refractivity (Wildman–Crippen MR) is 125 cm³/mol. The van der Waals surface area contributed by atoms with Crippen molar-refractivity contribution in [1.29, 1.82) is 0 Å². The number of nitrogens with one attached hydrogen (secondary N) is 2. The van der Waals surface area contributed by atoms with Crippen LogP contribution in [-0.2, 0) is 19.5 Å². The van der Waals surface area contributed by atoms with E-state index >= 15 is 0 Å². The maximum atomic E-state index is 13.0. The second kappa shape index (κ2) is 11.5. The molecular formula is C22H26ClN3O6S. The fourth-order valence-electron chi connectivity index (χ4n) is 3.34. The van der Waals surface area contributed by atoms with Gasteiger partial charge >= 0.3 is 6.09 Å². The van der Waals surface area contributed by atoms with E-state index in [1.54, 1.807) is 24.3 Å². The van der Waals surface area contributed by atoms with Crippen molar-refractivity contribution in [3.63, 3.8) is 0 Å². The summed E-state index contributed by atoms with van der Waals surface area (Å²) >= 11 is 6.18. The number of carbonyl (C=O) groups is 2. The Bertz CT molecular complexity index is 1100. The molecule has 1 fully saturated rings. The highest BCUT2D eigenvalue weighted by molar-refractivity contribution is 7.89. The number of anilines is 2.